The van der Waals surface area contributed by atoms with Gasteiger partial charge in [-0.1, -0.05) is 17.4 Å². The molecule has 2 aromatic carbocycles. The molecule has 0 unspecified atom stereocenters. The van der Waals surface area contributed by atoms with Crippen molar-refractivity contribution in [3.63, 3.8) is 0 Å². The van der Waals surface area contributed by atoms with Gasteiger partial charge in [-0.3, -0.25) is 9.59 Å². The zero-order valence-electron chi connectivity index (χ0n) is 20.4. The van der Waals surface area contributed by atoms with Gasteiger partial charge in [0.05, 0.1) is 37.1 Å². The first-order chi connectivity index (χ1) is 16.3. The maximum atomic E-state index is 13.3. The van der Waals surface area contributed by atoms with Gasteiger partial charge < -0.3 is 23.5 Å². The Morgan fingerprint density at radius 1 is 0.941 bits per heavy atom. The second-order valence-electron chi connectivity index (χ2n) is 7.49. The second-order valence-corrected chi connectivity index (χ2v) is 8.50. The molecule has 0 aliphatic heterocycles. The summed E-state index contributed by atoms with van der Waals surface area (Å²) in [7, 11) is 1.33. The minimum Gasteiger partial charge on any atom is -0.490 e. The fraction of sp³-hybridized carbons (Fsp3) is 0.400. The molecule has 0 spiro atoms. The minimum atomic E-state index is -0.482. The van der Waals surface area contributed by atoms with Gasteiger partial charge in [0, 0.05) is 5.56 Å². The summed E-state index contributed by atoms with van der Waals surface area (Å²) in [6.45, 7) is 10.7. The number of methoxy groups -OCH3 is 1. The largest absolute Gasteiger partial charge is 0.490 e. The molecule has 9 heteroatoms. The lowest BCUT2D eigenvalue weighted by atomic mass is 10.1. The number of thiazole rings is 1. The maximum absolute atomic E-state index is 13.3. The zero-order chi connectivity index (χ0) is 24.8. The fourth-order valence-corrected chi connectivity index (χ4v) is 4.88. The number of amides is 1. The van der Waals surface area contributed by atoms with E-state index >= 15 is 0 Å². The molecule has 0 N–H and O–H groups in total. The predicted octanol–water partition coefficient (Wildman–Crippen LogP) is 4.43. The van der Waals surface area contributed by atoms with E-state index < -0.39 is 11.9 Å². The number of carbonyl (C=O) groups excluding carboxylic acids is 2. The van der Waals surface area contributed by atoms with Gasteiger partial charge in [-0.25, -0.2) is 0 Å². The van der Waals surface area contributed by atoms with Crippen LogP contribution in [0.25, 0.3) is 10.2 Å². The van der Waals surface area contributed by atoms with Crippen molar-refractivity contribution in [2.45, 2.75) is 41.2 Å². The number of carbonyl (C=O) groups is 2. The number of rotatable bonds is 9. The van der Waals surface area contributed by atoms with E-state index in [-0.39, 0.29) is 6.54 Å². The van der Waals surface area contributed by atoms with E-state index in [0.29, 0.717) is 47.4 Å². The van der Waals surface area contributed by atoms with Crippen LogP contribution in [0.3, 0.4) is 0 Å². The number of aryl methyl sites for hydroxylation is 2. The van der Waals surface area contributed by atoms with Crippen LogP contribution in [0.15, 0.2) is 29.3 Å². The van der Waals surface area contributed by atoms with Crippen molar-refractivity contribution < 1.29 is 28.5 Å². The van der Waals surface area contributed by atoms with Gasteiger partial charge in [-0.05, 0) is 63.9 Å². The van der Waals surface area contributed by atoms with E-state index in [2.05, 4.69) is 4.99 Å². The molecular weight excluding hydrogens is 456 g/mol. The van der Waals surface area contributed by atoms with Gasteiger partial charge in [-0.2, -0.15) is 4.99 Å². The Bertz CT molecular complexity index is 1250. The number of aromatic nitrogens is 1. The summed E-state index contributed by atoms with van der Waals surface area (Å²) >= 11 is 1.35. The van der Waals surface area contributed by atoms with Crippen molar-refractivity contribution in [1.29, 1.82) is 0 Å². The normalized spacial score (nSPS) is 11.5. The number of hydrogen-bond acceptors (Lipinski definition) is 7. The Labute approximate surface area is 202 Å². The maximum Gasteiger partial charge on any atom is 0.325 e. The van der Waals surface area contributed by atoms with Crippen LogP contribution >= 0.6 is 11.3 Å². The first kappa shape index (κ1) is 25.3. The van der Waals surface area contributed by atoms with E-state index in [4.69, 9.17) is 18.9 Å². The molecule has 0 atom stereocenters. The Hall–Kier alpha value is -3.33. The van der Waals surface area contributed by atoms with E-state index in [0.717, 1.165) is 21.3 Å². The molecule has 182 valence electrons. The number of nitrogens with zero attached hydrogens (tertiary/aromatic N) is 2. The smallest absolute Gasteiger partial charge is 0.325 e. The Morgan fingerprint density at radius 3 is 2.12 bits per heavy atom. The van der Waals surface area contributed by atoms with E-state index in [1.165, 1.54) is 18.4 Å². The first-order valence-electron chi connectivity index (χ1n) is 11.2. The molecule has 3 rings (SSSR count). The third kappa shape index (κ3) is 5.41. The van der Waals surface area contributed by atoms with Crippen molar-refractivity contribution in [2.75, 3.05) is 26.9 Å². The average Bonchev–Trinajstić information content (AvgIpc) is 3.12. The Morgan fingerprint density at radius 2 is 1.56 bits per heavy atom. The summed E-state index contributed by atoms with van der Waals surface area (Å²) in [6.07, 6.45) is 0. The highest BCUT2D eigenvalue weighted by Gasteiger charge is 2.19. The van der Waals surface area contributed by atoms with Crippen molar-refractivity contribution >= 4 is 33.4 Å². The Kier molecular flexibility index (Phi) is 8.33. The number of esters is 1. The minimum absolute atomic E-state index is 0.0514. The van der Waals surface area contributed by atoms with Gasteiger partial charge in [0.25, 0.3) is 5.91 Å². The molecular formula is C25H30N2O6S. The van der Waals surface area contributed by atoms with Crippen molar-refractivity contribution in [3.05, 3.63) is 45.8 Å². The predicted molar refractivity (Wildman–Crippen MR) is 131 cm³/mol. The Balaban J connectivity index is 2.18. The monoisotopic (exact) mass is 486 g/mol. The number of fused-ring (bicyclic) bond motifs is 1. The average molecular weight is 487 g/mol. The molecule has 34 heavy (non-hydrogen) atoms. The zero-order valence-corrected chi connectivity index (χ0v) is 21.2. The third-order valence-electron chi connectivity index (χ3n) is 4.98. The summed E-state index contributed by atoms with van der Waals surface area (Å²) in [4.78, 5) is 30.2. The van der Waals surface area contributed by atoms with Gasteiger partial charge in [0.2, 0.25) is 5.75 Å². The van der Waals surface area contributed by atoms with Gasteiger partial charge in [0.15, 0.2) is 16.3 Å². The van der Waals surface area contributed by atoms with Crippen LogP contribution in [0, 0.1) is 13.8 Å². The van der Waals surface area contributed by atoms with Gasteiger partial charge in [-0.15, -0.1) is 0 Å². The van der Waals surface area contributed by atoms with Crippen LogP contribution in [0.1, 0.15) is 42.3 Å². The topological polar surface area (TPSA) is 88.4 Å². The van der Waals surface area contributed by atoms with Crippen LogP contribution in [-0.2, 0) is 16.1 Å². The molecule has 0 radical (unpaired) electrons. The lowest BCUT2D eigenvalue weighted by Crippen LogP contribution is -2.22. The third-order valence-corrected chi connectivity index (χ3v) is 6.01. The SMILES string of the molecule is CCOc1cc(C(=O)N=c2sc3cc(C)cc(C)c3n2CC(=O)OC)cc(OCC)c1OCC. The van der Waals surface area contributed by atoms with Crippen LogP contribution in [0.5, 0.6) is 17.2 Å². The second kappa shape index (κ2) is 11.2. The molecule has 0 fully saturated rings. The van der Waals surface area contributed by atoms with Crippen molar-refractivity contribution in [3.8, 4) is 17.2 Å². The van der Waals surface area contributed by atoms with Gasteiger partial charge >= 0.3 is 5.97 Å². The quantitative estimate of drug-likeness (QED) is 0.416. The van der Waals surface area contributed by atoms with Gasteiger partial charge in [0.1, 0.15) is 6.54 Å². The number of hydrogen-bond donors (Lipinski definition) is 0. The number of ether oxygens (including phenoxy) is 4. The molecule has 1 amide bonds. The molecule has 8 nitrogen and oxygen atoms in total. The molecule has 0 saturated heterocycles. The summed E-state index contributed by atoms with van der Waals surface area (Å²) in [5, 5.41) is 0. The number of benzene rings is 2. The molecule has 0 saturated carbocycles. The molecule has 1 heterocycles. The first-order valence-corrected chi connectivity index (χ1v) is 12.0. The fourth-order valence-electron chi connectivity index (χ4n) is 3.68. The van der Waals surface area contributed by atoms with E-state index in [1.54, 1.807) is 16.7 Å². The van der Waals surface area contributed by atoms with Crippen LogP contribution in [0.4, 0.5) is 0 Å². The lowest BCUT2D eigenvalue weighted by Gasteiger charge is -2.16. The lowest BCUT2D eigenvalue weighted by molar-refractivity contribution is -0.141. The van der Waals surface area contributed by atoms with Crippen LogP contribution < -0.4 is 19.0 Å². The van der Waals surface area contributed by atoms with Crippen LogP contribution in [0.2, 0.25) is 0 Å². The molecule has 3 aromatic rings. The molecule has 1 aromatic heterocycles. The highest BCUT2D eigenvalue weighted by atomic mass is 32.1. The molecule has 0 aliphatic carbocycles. The summed E-state index contributed by atoms with van der Waals surface area (Å²) in [5.41, 5.74) is 3.22. The summed E-state index contributed by atoms with van der Waals surface area (Å²) in [5.74, 6) is 0.381. The van der Waals surface area contributed by atoms with E-state index in [9.17, 15) is 9.59 Å². The van der Waals surface area contributed by atoms with E-state index in [1.807, 2.05) is 46.8 Å². The van der Waals surface area contributed by atoms with Crippen LogP contribution in [-0.4, -0.2) is 43.4 Å². The molecule has 0 bridgehead atoms. The highest BCUT2D eigenvalue weighted by molar-refractivity contribution is 7.16. The van der Waals surface area contributed by atoms with Crippen molar-refractivity contribution in [2.24, 2.45) is 4.99 Å². The van der Waals surface area contributed by atoms with Crippen molar-refractivity contribution in [1.82, 2.24) is 4.57 Å². The summed E-state index contributed by atoms with van der Waals surface area (Å²) in [6, 6.07) is 7.26. The summed E-state index contributed by atoms with van der Waals surface area (Å²) < 4.78 is 24.7. The molecule has 0 aliphatic rings. The highest BCUT2D eigenvalue weighted by Crippen LogP contribution is 2.39. The standard InChI is InChI=1S/C25H30N2O6S/c1-7-31-18-12-17(13-19(32-8-2)23(18)33-9-3)24(29)26-25-27(14-21(28)30-6)22-16(5)10-15(4)11-20(22)34-25/h10-13H,7-9,14H2,1-6H3.